The van der Waals surface area contributed by atoms with Gasteiger partial charge in [0.2, 0.25) is 0 Å². The molecule has 0 unspecified atom stereocenters. The Labute approximate surface area is 105 Å². The van der Waals surface area contributed by atoms with E-state index in [-0.39, 0.29) is 0 Å². The van der Waals surface area contributed by atoms with E-state index >= 15 is 0 Å². The maximum Gasteiger partial charge on any atom is 0.114 e. The summed E-state index contributed by atoms with van der Waals surface area (Å²) in [7, 11) is 0. The third-order valence-electron chi connectivity index (χ3n) is 2.28. The van der Waals surface area contributed by atoms with Crippen LogP contribution in [0.5, 0.6) is 0 Å². The minimum atomic E-state index is 0.708. The second-order valence-corrected chi connectivity index (χ2v) is 4.91. The lowest BCUT2D eigenvalue weighted by molar-refractivity contribution is 0.642. The molecule has 2 aromatic heterocycles. The molecular weight excluding hydrogens is 234 g/mol. The van der Waals surface area contributed by atoms with Gasteiger partial charge in [0.15, 0.2) is 0 Å². The summed E-state index contributed by atoms with van der Waals surface area (Å²) in [6, 6.07) is 0. The van der Waals surface area contributed by atoms with Gasteiger partial charge < -0.3 is 5.32 Å². The molecule has 0 fully saturated rings. The molecule has 0 bridgehead atoms. The molecule has 0 radical (unpaired) electrons. The lowest BCUT2D eigenvalue weighted by atomic mass is 10.4. The number of nitrogens with one attached hydrogen (secondary N) is 1. The molecule has 2 heterocycles. The highest BCUT2D eigenvalue weighted by atomic mass is 32.1. The van der Waals surface area contributed by atoms with E-state index in [9.17, 15) is 0 Å². The van der Waals surface area contributed by atoms with E-state index in [1.807, 2.05) is 17.8 Å². The smallest absolute Gasteiger partial charge is 0.114 e. The fraction of sp³-hybridized carbons (Fsp3) is 0.545. The Kier molecular flexibility index (Phi) is 4.22. The van der Waals surface area contributed by atoms with E-state index in [1.54, 1.807) is 11.3 Å². The van der Waals surface area contributed by atoms with Gasteiger partial charge in [-0.3, -0.25) is 0 Å². The van der Waals surface area contributed by atoms with Crippen LogP contribution in [0.25, 0.3) is 0 Å². The first-order valence-electron chi connectivity index (χ1n) is 5.78. The van der Waals surface area contributed by atoms with Gasteiger partial charge >= 0.3 is 0 Å². The summed E-state index contributed by atoms with van der Waals surface area (Å²) in [6.45, 7) is 6.65. The first-order chi connectivity index (χ1) is 8.28. The van der Waals surface area contributed by atoms with Crippen molar-refractivity contribution in [1.82, 2.24) is 25.3 Å². The largest absolute Gasteiger partial charge is 0.311 e. The Hall–Kier alpha value is -1.27. The van der Waals surface area contributed by atoms with Gasteiger partial charge in [0.1, 0.15) is 5.01 Å². The van der Waals surface area contributed by atoms with Crippen LogP contribution in [0.1, 0.15) is 29.7 Å². The van der Waals surface area contributed by atoms with Gasteiger partial charge in [0, 0.05) is 17.6 Å². The van der Waals surface area contributed by atoms with Gasteiger partial charge in [-0.15, -0.1) is 16.4 Å². The lowest BCUT2D eigenvalue weighted by Crippen LogP contribution is -2.13. The van der Waals surface area contributed by atoms with Crippen molar-refractivity contribution in [3.05, 3.63) is 28.0 Å². The molecule has 92 valence electrons. The van der Waals surface area contributed by atoms with E-state index in [0.717, 1.165) is 35.9 Å². The number of hydrogen-bond donors (Lipinski definition) is 1. The number of hydrogen-bond acceptors (Lipinski definition) is 5. The van der Waals surface area contributed by atoms with Crippen molar-refractivity contribution < 1.29 is 0 Å². The average Bonchev–Trinajstić information content (AvgIpc) is 2.90. The summed E-state index contributed by atoms with van der Waals surface area (Å²) in [4.78, 5) is 4.40. The molecule has 0 saturated carbocycles. The number of thiazole rings is 1. The fourth-order valence-electron chi connectivity index (χ4n) is 1.50. The van der Waals surface area contributed by atoms with Crippen LogP contribution >= 0.6 is 11.3 Å². The molecule has 0 aliphatic rings. The highest BCUT2D eigenvalue weighted by Gasteiger charge is 2.03. The predicted molar refractivity (Wildman–Crippen MR) is 68.0 cm³/mol. The zero-order valence-corrected chi connectivity index (χ0v) is 11.0. The van der Waals surface area contributed by atoms with Crippen LogP contribution in [0, 0.1) is 6.92 Å². The van der Waals surface area contributed by atoms with Gasteiger partial charge in [-0.25, -0.2) is 9.67 Å². The molecule has 0 spiro atoms. The lowest BCUT2D eigenvalue weighted by Gasteiger charge is -1.97. The topological polar surface area (TPSA) is 55.6 Å². The molecule has 1 N–H and O–H groups in total. The summed E-state index contributed by atoms with van der Waals surface area (Å²) in [5.41, 5.74) is 2.04. The Morgan fingerprint density at radius 3 is 3.06 bits per heavy atom. The molecule has 6 heteroatoms. The number of aryl methyl sites for hydroxylation is 1. The minimum absolute atomic E-state index is 0.708. The van der Waals surface area contributed by atoms with Crippen LogP contribution in [0.4, 0.5) is 0 Å². The van der Waals surface area contributed by atoms with Crippen LogP contribution in [0.15, 0.2) is 11.6 Å². The monoisotopic (exact) mass is 251 g/mol. The molecule has 0 aliphatic heterocycles. The minimum Gasteiger partial charge on any atom is -0.311 e. The van der Waals surface area contributed by atoms with Crippen molar-refractivity contribution in [3.8, 4) is 0 Å². The zero-order chi connectivity index (χ0) is 12.1. The summed E-state index contributed by atoms with van der Waals surface area (Å²) >= 11 is 1.66. The number of nitrogens with zero attached hydrogens (tertiary/aromatic N) is 4. The molecule has 0 amide bonds. The van der Waals surface area contributed by atoms with Gasteiger partial charge in [0.25, 0.3) is 0 Å². The van der Waals surface area contributed by atoms with Crippen molar-refractivity contribution in [2.75, 3.05) is 6.54 Å². The molecule has 0 atom stereocenters. The van der Waals surface area contributed by atoms with Crippen molar-refractivity contribution in [3.63, 3.8) is 0 Å². The summed E-state index contributed by atoms with van der Waals surface area (Å²) in [5, 5.41) is 14.6. The maximum atomic E-state index is 4.40. The molecular formula is C11H17N5S. The van der Waals surface area contributed by atoms with Crippen LogP contribution in [0.2, 0.25) is 0 Å². The molecule has 0 saturated heterocycles. The summed E-state index contributed by atoms with van der Waals surface area (Å²) < 4.78 is 1.83. The molecule has 2 rings (SSSR count). The van der Waals surface area contributed by atoms with E-state index in [0.29, 0.717) is 6.54 Å². The normalized spacial score (nSPS) is 10.9. The van der Waals surface area contributed by atoms with E-state index in [2.05, 4.69) is 32.9 Å². The molecule has 0 aliphatic carbocycles. The van der Waals surface area contributed by atoms with E-state index in [1.165, 1.54) is 0 Å². The highest BCUT2D eigenvalue weighted by Crippen LogP contribution is 2.09. The predicted octanol–water partition coefficient (Wildman–Crippen LogP) is 1.59. The van der Waals surface area contributed by atoms with Gasteiger partial charge in [-0.1, -0.05) is 12.1 Å². The van der Waals surface area contributed by atoms with Crippen molar-refractivity contribution in [2.24, 2.45) is 0 Å². The molecule has 17 heavy (non-hydrogen) atoms. The molecule has 2 aromatic rings. The number of aromatic nitrogens is 4. The van der Waals surface area contributed by atoms with E-state index < -0.39 is 0 Å². The third-order valence-corrected chi connectivity index (χ3v) is 3.23. The standard InChI is InChI=1S/C11H17N5S/c1-3-4-12-5-10-6-16(15-14-10)7-11-13-9(2)8-17-11/h6,8,12H,3-5,7H2,1-2H3. The zero-order valence-electron chi connectivity index (χ0n) is 10.2. The Morgan fingerprint density at radius 1 is 1.47 bits per heavy atom. The Bertz CT molecular complexity index is 462. The van der Waals surface area contributed by atoms with Gasteiger partial charge in [-0.2, -0.15) is 0 Å². The summed E-state index contributed by atoms with van der Waals surface area (Å²) in [5.74, 6) is 0. The molecule has 0 aromatic carbocycles. The van der Waals surface area contributed by atoms with Crippen LogP contribution in [-0.2, 0) is 13.1 Å². The SMILES string of the molecule is CCCNCc1cn(Cc2nc(C)cs2)nn1. The fourth-order valence-corrected chi connectivity index (χ4v) is 2.27. The van der Waals surface area contributed by atoms with Crippen molar-refractivity contribution >= 4 is 11.3 Å². The van der Waals surface area contributed by atoms with Crippen molar-refractivity contribution in [2.45, 2.75) is 33.4 Å². The first-order valence-corrected chi connectivity index (χ1v) is 6.66. The second kappa shape index (κ2) is 5.88. The maximum absolute atomic E-state index is 4.40. The average molecular weight is 251 g/mol. The van der Waals surface area contributed by atoms with Gasteiger partial charge in [0.05, 0.1) is 18.4 Å². The second-order valence-electron chi connectivity index (χ2n) is 3.97. The van der Waals surface area contributed by atoms with E-state index in [4.69, 9.17) is 0 Å². The van der Waals surface area contributed by atoms with Gasteiger partial charge in [-0.05, 0) is 19.9 Å². The molecule has 5 nitrogen and oxygen atoms in total. The Morgan fingerprint density at radius 2 is 2.35 bits per heavy atom. The highest BCUT2D eigenvalue weighted by molar-refractivity contribution is 7.09. The third kappa shape index (κ3) is 3.61. The van der Waals surface area contributed by atoms with Crippen molar-refractivity contribution in [1.29, 1.82) is 0 Å². The summed E-state index contributed by atoms with van der Waals surface area (Å²) in [6.07, 6.45) is 3.10. The Balaban J connectivity index is 1.89. The van der Waals surface area contributed by atoms with Crippen LogP contribution in [-0.4, -0.2) is 26.5 Å². The van der Waals surface area contributed by atoms with Crippen LogP contribution in [0.3, 0.4) is 0 Å². The first kappa shape index (κ1) is 12.2. The van der Waals surface area contributed by atoms with Crippen LogP contribution < -0.4 is 5.32 Å². The number of rotatable bonds is 6. The quantitative estimate of drug-likeness (QED) is 0.792.